The van der Waals surface area contributed by atoms with Gasteiger partial charge in [-0.15, -0.1) is 10.2 Å². The molecule has 1 atom stereocenters. The minimum absolute atomic E-state index is 0.0287. The highest BCUT2D eigenvalue weighted by molar-refractivity contribution is 5.76. The third-order valence-corrected chi connectivity index (χ3v) is 4.91. The second-order valence-electron chi connectivity index (χ2n) is 7.56. The van der Waals surface area contributed by atoms with E-state index in [1.54, 1.807) is 0 Å². The second kappa shape index (κ2) is 9.47. The Bertz CT molecular complexity index is 930. The number of nitrogens with zero attached hydrogens (tertiary/aromatic N) is 3. The molecule has 6 nitrogen and oxygen atoms in total. The lowest BCUT2D eigenvalue weighted by atomic mass is 10.0. The zero-order valence-electron chi connectivity index (χ0n) is 17.5. The van der Waals surface area contributed by atoms with Crippen LogP contribution in [0.4, 0.5) is 0 Å². The van der Waals surface area contributed by atoms with Crippen molar-refractivity contribution >= 4 is 5.91 Å². The van der Waals surface area contributed by atoms with E-state index in [0.29, 0.717) is 31.2 Å². The maximum Gasteiger partial charge on any atom is 0.247 e. The van der Waals surface area contributed by atoms with Gasteiger partial charge in [-0.05, 0) is 45.6 Å². The smallest absolute Gasteiger partial charge is 0.247 e. The lowest BCUT2D eigenvalue weighted by Gasteiger charge is -2.25. The number of carbonyl (C=O) groups is 1. The lowest BCUT2D eigenvalue weighted by molar-refractivity contribution is -0.121. The molecule has 29 heavy (non-hydrogen) atoms. The van der Waals surface area contributed by atoms with Gasteiger partial charge in [0.2, 0.25) is 17.7 Å². The number of carbonyl (C=O) groups excluding carboxylic acids is 1. The van der Waals surface area contributed by atoms with E-state index in [1.165, 1.54) is 16.7 Å². The van der Waals surface area contributed by atoms with Crippen LogP contribution in [0.15, 0.2) is 52.9 Å². The summed E-state index contributed by atoms with van der Waals surface area (Å²) in [5.74, 6) is 0.921. The van der Waals surface area contributed by atoms with Crippen molar-refractivity contribution in [1.29, 1.82) is 0 Å². The van der Waals surface area contributed by atoms with Gasteiger partial charge < -0.3 is 14.6 Å². The van der Waals surface area contributed by atoms with Gasteiger partial charge in [-0.25, -0.2) is 0 Å². The fourth-order valence-corrected chi connectivity index (χ4v) is 3.07. The predicted molar refractivity (Wildman–Crippen MR) is 113 cm³/mol. The normalized spacial score (nSPS) is 12.2. The van der Waals surface area contributed by atoms with Crippen LogP contribution in [0.5, 0.6) is 0 Å². The molecule has 3 aromatic rings. The van der Waals surface area contributed by atoms with Crippen molar-refractivity contribution in [3.8, 4) is 11.5 Å². The maximum absolute atomic E-state index is 12.3. The summed E-state index contributed by atoms with van der Waals surface area (Å²) in [6, 6.07) is 16.4. The van der Waals surface area contributed by atoms with Crippen LogP contribution < -0.4 is 5.32 Å². The summed E-state index contributed by atoms with van der Waals surface area (Å²) < 4.78 is 5.69. The van der Waals surface area contributed by atoms with Crippen molar-refractivity contribution in [2.45, 2.75) is 32.7 Å². The predicted octanol–water partition coefficient (Wildman–Crippen LogP) is 3.71. The third-order valence-electron chi connectivity index (χ3n) is 4.91. The molecular formula is C23H28N4O2. The fraction of sp³-hybridized carbons (Fsp3) is 0.348. The number of benzene rings is 2. The third kappa shape index (κ3) is 5.74. The Kier molecular flexibility index (Phi) is 6.77. The SMILES string of the molecule is Cc1ccc(-c2nnc(CCC(=O)NCC(c3ccc(C)cc3)N(C)C)o2)cc1. The van der Waals surface area contributed by atoms with E-state index in [1.807, 2.05) is 45.3 Å². The van der Waals surface area contributed by atoms with Gasteiger partial charge in [0.05, 0.1) is 6.04 Å². The van der Waals surface area contributed by atoms with Crippen LogP contribution in [0, 0.1) is 13.8 Å². The topological polar surface area (TPSA) is 71.3 Å². The lowest BCUT2D eigenvalue weighted by Crippen LogP contribution is -2.34. The van der Waals surface area contributed by atoms with Gasteiger partial charge in [-0.2, -0.15) is 0 Å². The number of amides is 1. The molecule has 0 saturated carbocycles. The number of aryl methyl sites for hydroxylation is 3. The van der Waals surface area contributed by atoms with E-state index in [0.717, 1.165) is 5.56 Å². The Morgan fingerprint density at radius 2 is 1.62 bits per heavy atom. The van der Waals surface area contributed by atoms with Gasteiger partial charge in [0.25, 0.3) is 0 Å². The van der Waals surface area contributed by atoms with Gasteiger partial charge in [0.1, 0.15) is 0 Å². The van der Waals surface area contributed by atoms with Gasteiger partial charge in [0.15, 0.2) is 0 Å². The molecule has 0 spiro atoms. The molecule has 0 aliphatic rings. The number of aromatic nitrogens is 2. The molecule has 0 bridgehead atoms. The molecule has 152 valence electrons. The van der Waals surface area contributed by atoms with E-state index in [2.05, 4.69) is 51.6 Å². The molecule has 1 aromatic heterocycles. The number of hydrogen-bond acceptors (Lipinski definition) is 5. The molecule has 6 heteroatoms. The second-order valence-corrected chi connectivity index (χ2v) is 7.56. The summed E-state index contributed by atoms with van der Waals surface area (Å²) in [5.41, 5.74) is 4.46. The van der Waals surface area contributed by atoms with Crippen LogP contribution in [-0.4, -0.2) is 41.6 Å². The largest absolute Gasteiger partial charge is 0.421 e. The Morgan fingerprint density at radius 3 is 2.24 bits per heavy atom. The fourth-order valence-electron chi connectivity index (χ4n) is 3.07. The van der Waals surface area contributed by atoms with E-state index in [9.17, 15) is 4.79 Å². The average Bonchev–Trinajstić information content (AvgIpc) is 3.17. The van der Waals surface area contributed by atoms with Crippen molar-refractivity contribution in [2.75, 3.05) is 20.6 Å². The van der Waals surface area contributed by atoms with Crippen LogP contribution >= 0.6 is 0 Å². The van der Waals surface area contributed by atoms with Crippen molar-refractivity contribution in [1.82, 2.24) is 20.4 Å². The summed E-state index contributed by atoms with van der Waals surface area (Å²) in [4.78, 5) is 14.4. The number of likely N-dealkylation sites (N-methyl/N-ethyl adjacent to an activating group) is 1. The average molecular weight is 393 g/mol. The Balaban J connectivity index is 1.51. The van der Waals surface area contributed by atoms with Gasteiger partial charge in [-0.1, -0.05) is 47.5 Å². The summed E-state index contributed by atoms with van der Waals surface area (Å²) in [6.07, 6.45) is 0.728. The van der Waals surface area contributed by atoms with Crippen LogP contribution in [0.3, 0.4) is 0 Å². The van der Waals surface area contributed by atoms with Crippen molar-refractivity contribution in [3.05, 3.63) is 71.1 Å². The van der Waals surface area contributed by atoms with Gasteiger partial charge in [0, 0.05) is 24.9 Å². The molecule has 2 aromatic carbocycles. The van der Waals surface area contributed by atoms with E-state index >= 15 is 0 Å². The molecular weight excluding hydrogens is 364 g/mol. The highest BCUT2D eigenvalue weighted by Gasteiger charge is 2.16. The summed E-state index contributed by atoms with van der Waals surface area (Å²) in [5, 5.41) is 11.2. The van der Waals surface area contributed by atoms with E-state index in [-0.39, 0.29) is 11.9 Å². The quantitative estimate of drug-likeness (QED) is 0.633. The van der Waals surface area contributed by atoms with E-state index < -0.39 is 0 Å². The zero-order valence-corrected chi connectivity index (χ0v) is 17.5. The van der Waals surface area contributed by atoms with E-state index in [4.69, 9.17) is 4.42 Å². The Hall–Kier alpha value is -2.99. The number of nitrogens with one attached hydrogen (secondary N) is 1. The highest BCUT2D eigenvalue weighted by Crippen LogP contribution is 2.19. The number of hydrogen-bond donors (Lipinski definition) is 1. The molecule has 0 radical (unpaired) electrons. The first kappa shape index (κ1) is 20.7. The summed E-state index contributed by atoms with van der Waals surface area (Å²) in [6.45, 7) is 4.65. The monoisotopic (exact) mass is 392 g/mol. The molecule has 1 amide bonds. The van der Waals surface area contributed by atoms with Crippen LogP contribution in [0.2, 0.25) is 0 Å². The summed E-state index contributed by atoms with van der Waals surface area (Å²) in [7, 11) is 4.03. The minimum atomic E-state index is -0.0287. The van der Waals surface area contributed by atoms with Gasteiger partial charge >= 0.3 is 0 Å². The molecule has 1 unspecified atom stereocenters. The maximum atomic E-state index is 12.3. The highest BCUT2D eigenvalue weighted by atomic mass is 16.4. The van der Waals surface area contributed by atoms with Crippen molar-refractivity contribution in [2.24, 2.45) is 0 Å². The molecule has 0 aliphatic heterocycles. The summed E-state index contributed by atoms with van der Waals surface area (Å²) >= 11 is 0. The Morgan fingerprint density at radius 1 is 1.00 bits per heavy atom. The van der Waals surface area contributed by atoms with Gasteiger partial charge in [-0.3, -0.25) is 4.79 Å². The van der Waals surface area contributed by atoms with Crippen LogP contribution in [0.1, 0.15) is 35.0 Å². The zero-order chi connectivity index (χ0) is 20.8. The first-order valence-electron chi connectivity index (χ1n) is 9.81. The molecule has 0 saturated heterocycles. The Labute approximate surface area is 172 Å². The van der Waals surface area contributed by atoms with Crippen LogP contribution in [-0.2, 0) is 11.2 Å². The molecule has 1 heterocycles. The molecule has 0 fully saturated rings. The molecule has 0 aliphatic carbocycles. The molecule has 3 rings (SSSR count). The number of rotatable bonds is 8. The van der Waals surface area contributed by atoms with Crippen molar-refractivity contribution in [3.63, 3.8) is 0 Å². The first-order valence-corrected chi connectivity index (χ1v) is 9.81. The van der Waals surface area contributed by atoms with Crippen molar-refractivity contribution < 1.29 is 9.21 Å². The first-order chi connectivity index (χ1) is 13.9. The minimum Gasteiger partial charge on any atom is -0.421 e. The molecule has 1 N–H and O–H groups in total. The van der Waals surface area contributed by atoms with Crippen LogP contribution in [0.25, 0.3) is 11.5 Å². The standard InChI is InChI=1S/C23H28N4O2/c1-16-5-9-18(10-6-16)20(27(3)4)15-24-21(28)13-14-22-25-26-23(29-22)19-11-7-17(2)8-12-19/h5-12,20H,13-15H2,1-4H3,(H,24,28).